The largest absolute Gasteiger partial charge is 0.416 e. The molecule has 5 heteroatoms. The Morgan fingerprint density at radius 2 is 2.14 bits per heavy atom. The fourth-order valence-corrected chi connectivity index (χ4v) is 3.17. The summed E-state index contributed by atoms with van der Waals surface area (Å²) in [5.41, 5.74) is -0.390. The van der Waals surface area contributed by atoms with Crippen LogP contribution in [0.15, 0.2) is 24.3 Å². The lowest BCUT2D eigenvalue weighted by molar-refractivity contribution is -0.137. The van der Waals surface area contributed by atoms with Crippen molar-refractivity contribution in [2.45, 2.75) is 50.9 Å². The van der Waals surface area contributed by atoms with Crippen LogP contribution in [0.25, 0.3) is 0 Å². The molecule has 0 saturated heterocycles. The van der Waals surface area contributed by atoms with E-state index in [0.717, 1.165) is 31.7 Å². The second-order valence-electron chi connectivity index (χ2n) is 6.19. The van der Waals surface area contributed by atoms with E-state index in [4.69, 9.17) is 0 Å². The second kappa shape index (κ2) is 6.36. The van der Waals surface area contributed by atoms with E-state index in [1.165, 1.54) is 12.1 Å². The Balaban J connectivity index is 2.05. The zero-order chi connectivity index (χ0) is 15.5. The van der Waals surface area contributed by atoms with Crippen molar-refractivity contribution in [3.63, 3.8) is 0 Å². The van der Waals surface area contributed by atoms with Crippen molar-refractivity contribution >= 4 is 0 Å². The van der Waals surface area contributed by atoms with Gasteiger partial charge in [-0.05, 0) is 30.4 Å². The van der Waals surface area contributed by atoms with Gasteiger partial charge in [-0.3, -0.25) is 0 Å². The van der Waals surface area contributed by atoms with E-state index in [-0.39, 0.29) is 12.1 Å². The first-order valence-electron chi connectivity index (χ1n) is 7.37. The average Bonchev–Trinajstić information content (AvgIpc) is 2.45. The van der Waals surface area contributed by atoms with E-state index in [9.17, 15) is 18.3 Å². The standard InChI is InChI=1S/C16H22F3NO/c1-12-4-3-7-15(9-12,11-21)20-10-13-5-2-6-14(8-13)16(17,18)19/h2,5-6,8,12,20-21H,3-4,7,9-11H2,1H3. The van der Waals surface area contributed by atoms with Crippen molar-refractivity contribution in [1.82, 2.24) is 5.32 Å². The Morgan fingerprint density at radius 1 is 1.38 bits per heavy atom. The van der Waals surface area contributed by atoms with E-state index in [2.05, 4.69) is 12.2 Å². The normalized spacial score (nSPS) is 26.8. The molecule has 2 unspecified atom stereocenters. The van der Waals surface area contributed by atoms with Crippen LogP contribution < -0.4 is 5.32 Å². The Kier molecular flexibility index (Phi) is 4.94. The smallest absolute Gasteiger partial charge is 0.394 e. The zero-order valence-corrected chi connectivity index (χ0v) is 12.2. The van der Waals surface area contributed by atoms with Crippen LogP contribution in [0.1, 0.15) is 43.7 Å². The monoisotopic (exact) mass is 301 g/mol. The molecule has 1 saturated carbocycles. The van der Waals surface area contributed by atoms with E-state index < -0.39 is 11.7 Å². The summed E-state index contributed by atoms with van der Waals surface area (Å²) in [4.78, 5) is 0. The first kappa shape index (κ1) is 16.3. The van der Waals surface area contributed by atoms with Gasteiger partial charge in [-0.1, -0.05) is 38.0 Å². The molecule has 1 aromatic carbocycles. The van der Waals surface area contributed by atoms with E-state index in [0.29, 0.717) is 18.0 Å². The van der Waals surface area contributed by atoms with Gasteiger partial charge in [0.15, 0.2) is 0 Å². The third kappa shape index (κ3) is 4.20. The van der Waals surface area contributed by atoms with Gasteiger partial charge in [0.05, 0.1) is 12.2 Å². The number of aliphatic hydroxyl groups is 1. The molecule has 0 radical (unpaired) electrons. The Morgan fingerprint density at radius 3 is 2.76 bits per heavy atom. The highest BCUT2D eigenvalue weighted by Gasteiger charge is 2.34. The fraction of sp³-hybridized carbons (Fsp3) is 0.625. The molecule has 2 nitrogen and oxygen atoms in total. The van der Waals surface area contributed by atoms with Crippen LogP contribution in [-0.4, -0.2) is 17.3 Å². The number of aliphatic hydroxyl groups excluding tert-OH is 1. The Hall–Kier alpha value is -1.07. The summed E-state index contributed by atoms with van der Waals surface area (Å²) >= 11 is 0. The van der Waals surface area contributed by atoms with Crippen LogP contribution in [0, 0.1) is 5.92 Å². The zero-order valence-electron chi connectivity index (χ0n) is 12.2. The summed E-state index contributed by atoms with van der Waals surface area (Å²) in [6.45, 7) is 2.52. The minimum atomic E-state index is -4.32. The number of nitrogens with one attached hydrogen (secondary N) is 1. The summed E-state index contributed by atoms with van der Waals surface area (Å²) < 4.78 is 38.1. The Bertz CT molecular complexity index is 475. The molecule has 1 aromatic rings. The number of hydrogen-bond acceptors (Lipinski definition) is 2. The third-order valence-corrected chi connectivity index (χ3v) is 4.32. The molecule has 0 spiro atoms. The van der Waals surface area contributed by atoms with Crippen molar-refractivity contribution in [2.24, 2.45) is 5.92 Å². The lowest BCUT2D eigenvalue weighted by atomic mass is 9.77. The summed E-state index contributed by atoms with van der Waals surface area (Å²) in [5.74, 6) is 0.528. The van der Waals surface area contributed by atoms with Gasteiger partial charge in [-0.15, -0.1) is 0 Å². The van der Waals surface area contributed by atoms with E-state index >= 15 is 0 Å². The van der Waals surface area contributed by atoms with Crippen molar-refractivity contribution in [3.8, 4) is 0 Å². The quantitative estimate of drug-likeness (QED) is 0.888. The summed E-state index contributed by atoms with van der Waals surface area (Å²) in [5, 5.41) is 13.0. The van der Waals surface area contributed by atoms with E-state index in [1.807, 2.05) is 0 Å². The average molecular weight is 301 g/mol. The topological polar surface area (TPSA) is 32.3 Å². The highest BCUT2D eigenvalue weighted by Crippen LogP contribution is 2.33. The van der Waals surface area contributed by atoms with Gasteiger partial charge in [0.1, 0.15) is 0 Å². The number of halogens is 3. The fourth-order valence-electron chi connectivity index (χ4n) is 3.17. The molecule has 0 aromatic heterocycles. The number of rotatable bonds is 4. The van der Waals surface area contributed by atoms with Gasteiger partial charge < -0.3 is 10.4 Å². The minimum absolute atomic E-state index is 0.0241. The first-order valence-corrected chi connectivity index (χ1v) is 7.37. The van der Waals surface area contributed by atoms with Gasteiger partial charge in [0.2, 0.25) is 0 Å². The van der Waals surface area contributed by atoms with Gasteiger partial charge >= 0.3 is 6.18 Å². The molecular weight excluding hydrogens is 279 g/mol. The lowest BCUT2D eigenvalue weighted by Gasteiger charge is -2.39. The maximum atomic E-state index is 12.7. The molecule has 2 rings (SSSR count). The van der Waals surface area contributed by atoms with Gasteiger partial charge in [-0.25, -0.2) is 0 Å². The minimum Gasteiger partial charge on any atom is -0.394 e. The number of hydrogen-bond donors (Lipinski definition) is 2. The third-order valence-electron chi connectivity index (χ3n) is 4.32. The molecule has 118 valence electrons. The van der Waals surface area contributed by atoms with Crippen molar-refractivity contribution < 1.29 is 18.3 Å². The van der Waals surface area contributed by atoms with Crippen molar-refractivity contribution in [1.29, 1.82) is 0 Å². The van der Waals surface area contributed by atoms with Crippen molar-refractivity contribution in [2.75, 3.05) is 6.61 Å². The highest BCUT2D eigenvalue weighted by atomic mass is 19.4. The van der Waals surface area contributed by atoms with Gasteiger partial charge in [-0.2, -0.15) is 13.2 Å². The molecule has 1 aliphatic carbocycles. The predicted octanol–water partition coefficient (Wildman–Crippen LogP) is 3.74. The SMILES string of the molecule is CC1CCCC(CO)(NCc2cccc(C(F)(F)F)c2)C1. The van der Waals surface area contributed by atoms with Crippen LogP contribution >= 0.6 is 0 Å². The predicted molar refractivity (Wildman–Crippen MR) is 75.7 cm³/mol. The first-order chi connectivity index (χ1) is 9.85. The highest BCUT2D eigenvalue weighted by molar-refractivity contribution is 5.25. The molecule has 0 aliphatic heterocycles. The van der Waals surface area contributed by atoms with Gasteiger partial charge in [0, 0.05) is 12.1 Å². The molecule has 0 amide bonds. The molecule has 0 heterocycles. The molecule has 2 atom stereocenters. The number of alkyl halides is 3. The van der Waals surface area contributed by atoms with Crippen LogP contribution in [0.2, 0.25) is 0 Å². The second-order valence-corrected chi connectivity index (χ2v) is 6.19. The maximum absolute atomic E-state index is 12.7. The molecular formula is C16H22F3NO. The molecule has 2 N–H and O–H groups in total. The van der Waals surface area contributed by atoms with Gasteiger partial charge in [0.25, 0.3) is 0 Å². The number of benzene rings is 1. The Labute approximate surface area is 123 Å². The van der Waals surface area contributed by atoms with Crippen LogP contribution in [0.4, 0.5) is 13.2 Å². The lowest BCUT2D eigenvalue weighted by Crippen LogP contribution is -2.51. The summed E-state index contributed by atoms with van der Waals surface area (Å²) in [6.07, 6.45) is -0.399. The van der Waals surface area contributed by atoms with Crippen LogP contribution in [0.3, 0.4) is 0 Å². The van der Waals surface area contributed by atoms with Crippen LogP contribution in [0.5, 0.6) is 0 Å². The molecule has 1 aliphatic rings. The summed E-state index contributed by atoms with van der Waals surface area (Å²) in [7, 11) is 0. The van der Waals surface area contributed by atoms with E-state index in [1.54, 1.807) is 6.07 Å². The maximum Gasteiger partial charge on any atom is 0.416 e. The molecule has 21 heavy (non-hydrogen) atoms. The summed E-state index contributed by atoms with van der Waals surface area (Å²) in [6, 6.07) is 5.35. The molecule has 1 fully saturated rings. The molecule has 0 bridgehead atoms. The van der Waals surface area contributed by atoms with Crippen molar-refractivity contribution in [3.05, 3.63) is 35.4 Å². The van der Waals surface area contributed by atoms with Crippen LogP contribution in [-0.2, 0) is 12.7 Å².